The van der Waals surface area contributed by atoms with Crippen LogP contribution in [-0.4, -0.2) is 9.55 Å². The summed E-state index contributed by atoms with van der Waals surface area (Å²) in [4.78, 5) is 4.11. The van der Waals surface area contributed by atoms with Crippen LogP contribution in [0.25, 0.3) is 0 Å². The van der Waals surface area contributed by atoms with Gasteiger partial charge in [0, 0.05) is 18.9 Å². The molecule has 0 spiro atoms. The molecule has 1 aliphatic rings. The maximum Gasteiger partial charge on any atom is 0.0949 e. The average Bonchev–Trinajstić information content (AvgIpc) is 3.01. The van der Waals surface area contributed by atoms with Gasteiger partial charge < -0.3 is 16.0 Å². The Labute approximate surface area is 126 Å². The maximum atomic E-state index is 6.28. The minimum atomic E-state index is 0.704. The fourth-order valence-corrected chi connectivity index (χ4v) is 3.37. The molecule has 0 aliphatic heterocycles. The van der Waals surface area contributed by atoms with Gasteiger partial charge in [-0.3, -0.25) is 0 Å². The Bertz CT molecular complexity index is 583. The molecule has 0 unspecified atom stereocenters. The van der Waals surface area contributed by atoms with Crippen LogP contribution >= 0.6 is 0 Å². The number of hydrogen-bond donors (Lipinski definition) is 2. The van der Waals surface area contributed by atoms with E-state index in [-0.39, 0.29) is 0 Å². The number of nitrogens with two attached hydrogens (primary N) is 2. The van der Waals surface area contributed by atoms with Crippen molar-refractivity contribution in [3.8, 4) is 0 Å². The number of imidazole rings is 1. The van der Waals surface area contributed by atoms with Gasteiger partial charge in [0.2, 0.25) is 0 Å². The van der Waals surface area contributed by atoms with Crippen LogP contribution in [-0.2, 0) is 13.0 Å². The Morgan fingerprint density at radius 1 is 1.14 bits per heavy atom. The zero-order valence-corrected chi connectivity index (χ0v) is 12.5. The molecule has 0 bridgehead atoms. The number of aromatic nitrogens is 2. The van der Waals surface area contributed by atoms with Crippen molar-refractivity contribution in [3.63, 3.8) is 0 Å². The summed E-state index contributed by atoms with van der Waals surface area (Å²) in [6, 6.07) is 4.04. The molecule has 0 amide bonds. The molecule has 21 heavy (non-hydrogen) atoms. The van der Waals surface area contributed by atoms with E-state index in [0.717, 1.165) is 24.6 Å². The van der Waals surface area contributed by atoms with Crippen LogP contribution in [0.1, 0.15) is 43.2 Å². The molecule has 1 aromatic heterocycles. The van der Waals surface area contributed by atoms with Crippen molar-refractivity contribution in [2.24, 2.45) is 5.92 Å². The molecule has 4 nitrogen and oxygen atoms in total. The minimum Gasteiger partial charge on any atom is -0.397 e. The third kappa shape index (κ3) is 3.20. The van der Waals surface area contributed by atoms with Gasteiger partial charge in [-0.25, -0.2) is 4.98 Å². The molecular weight excluding hydrogens is 260 g/mol. The Morgan fingerprint density at radius 3 is 2.67 bits per heavy atom. The van der Waals surface area contributed by atoms with Crippen LogP contribution in [0.15, 0.2) is 30.9 Å². The second-order valence-corrected chi connectivity index (χ2v) is 6.15. The van der Waals surface area contributed by atoms with E-state index in [4.69, 9.17) is 11.5 Å². The van der Waals surface area contributed by atoms with Crippen LogP contribution in [0.2, 0.25) is 0 Å². The van der Waals surface area contributed by atoms with E-state index < -0.39 is 0 Å². The number of benzene rings is 1. The smallest absolute Gasteiger partial charge is 0.0949 e. The van der Waals surface area contributed by atoms with Gasteiger partial charge in [-0.1, -0.05) is 38.2 Å². The first-order chi connectivity index (χ1) is 10.2. The lowest BCUT2D eigenvalue weighted by molar-refractivity contribution is 0.356. The second-order valence-electron chi connectivity index (χ2n) is 6.15. The highest BCUT2D eigenvalue weighted by atomic mass is 15.0. The molecule has 1 heterocycles. The average molecular weight is 284 g/mol. The van der Waals surface area contributed by atoms with E-state index in [0.29, 0.717) is 5.69 Å². The van der Waals surface area contributed by atoms with Gasteiger partial charge >= 0.3 is 0 Å². The largest absolute Gasteiger partial charge is 0.397 e. The molecule has 112 valence electrons. The molecule has 1 fully saturated rings. The van der Waals surface area contributed by atoms with Gasteiger partial charge in [0.25, 0.3) is 0 Å². The molecule has 0 atom stereocenters. The summed E-state index contributed by atoms with van der Waals surface area (Å²) in [6.07, 6.45) is 13.4. The highest BCUT2D eigenvalue weighted by Gasteiger charge is 2.18. The highest BCUT2D eigenvalue weighted by molar-refractivity contribution is 5.69. The highest BCUT2D eigenvalue weighted by Crippen LogP contribution is 2.32. The molecule has 1 aliphatic carbocycles. The summed E-state index contributed by atoms with van der Waals surface area (Å²) in [5.74, 6) is 0.754. The molecule has 4 N–H and O–H groups in total. The van der Waals surface area contributed by atoms with Crippen LogP contribution in [0.4, 0.5) is 11.4 Å². The summed E-state index contributed by atoms with van der Waals surface area (Å²) in [6.45, 7) is 0.812. The predicted molar refractivity (Wildman–Crippen MR) is 86.9 cm³/mol. The van der Waals surface area contributed by atoms with Crippen LogP contribution in [0, 0.1) is 5.92 Å². The predicted octanol–water partition coefficient (Wildman–Crippen LogP) is 3.22. The van der Waals surface area contributed by atoms with Gasteiger partial charge in [-0.05, 0) is 29.5 Å². The Morgan fingerprint density at radius 2 is 1.95 bits per heavy atom. The van der Waals surface area contributed by atoms with Crippen molar-refractivity contribution in [1.82, 2.24) is 9.55 Å². The van der Waals surface area contributed by atoms with E-state index in [9.17, 15) is 0 Å². The molecule has 0 saturated heterocycles. The topological polar surface area (TPSA) is 69.9 Å². The number of rotatable bonds is 4. The van der Waals surface area contributed by atoms with E-state index in [1.807, 2.05) is 24.8 Å². The van der Waals surface area contributed by atoms with E-state index in [1.54, 1.807) is 0 Å². The fraction of sp³-hybridized carbons (Fsp3) is 0.471. The molecular formula is C17H24N4. The molecule has 0 radical (unpaired) electrons. The van der Waals surface area contributed by atoms with Crippen molar-refractivity contribution in [1.29, 1.82) is 0 Å². The quantitative estimate of drug-likeness (QED) is 0.847. The summed E-state index contributed by atoms with van der Waals surface area (Å²) in [7, 11) is 0. The molecule has 3 rings (SSSR count). The SMILES string of the molecule is Nc1ccc(Cn2ccnc2)c(CC2CCCCC2)c1N. The Hall–Kier alpha value is -1.97. The normalized spacial score (nSPS) is 16.2. The number of nitrogen functional groups attached to an aromatic ring is 2. The summed E-state index contributed by atoms with van der Waals surface area (Å²) >= 11 is 0. The summed E-state index contributed by atoms with van der Waals surface area (Å²) < 4.78 is 2.08. The van der Waals surface area contributed by atoms with Gasteiger partial charge in [0.05, 0.1) is 17.7 Å². The van der Waals surface area contributed by atoms with Crippen LogP contribution in [0.3, 0.4) is 0 Å². The van der Waals surface area contributed by atoms with Gasteiger partial charge in [-0.2, -0.15) is 0 Å². The monoisotopic (exact) mass is 284 g/mol. The number of anilines is 2. The van der Waals surface area contributed by atoms with Crippen molar-refractivity contribution in [3.05, 3.63) is 42.0 Å². The lowest BCUT2D eigenvalue weighted by Crippen LogP contribution is -2.14. The first kappa shape index (κ1) is 14.0. The van der Waals surface area contributed by atoms with Crippen LogP contribution < -0.4 is 11.5 Å². The second kappa shape index (κ2) is 6.20. The van der Waals surface area contributed by atoms with Gasteiger partial charge in [0.15, 0.2) is 0 Å². The molecule has 1 saturated carbocycles. The Balaban J connectivity index is 1.86. The number of nitrogens with zero attached hydrogens (tertiary/aromatic N) is 2. The first-order valence-electron chi connectivity index (χ1n) is 7.85. The van der Waals surface area contributed by atoms with Crippen molar-refractivity contribution < 1.29 is 0 Å². The molecule has 4 heteroatoms. The minimum absolute atomic E-state index is 0.704. The summed E-state index contributed by atoms with van der Waals surface area (Å²) in [5, 5.41) is 0. The lowest BCUT2D eigenvalue weighted by atomic mass is 9.83. The van der Waals surface area contributed by atoms with Crippen LogP contribution in [0.5, 0.6) is 0 Å². The third-order valence-electron chi connectivity index (χ3n) is 4.62. The van der Waals surface area contributed by atoms with E-state index >= 15 is 0 Å². The van der Waals surface area contributed by atoms with E-state index in [1.165, 1.54) is 43.2 Å². The van der Waals surface area contributed by atoms with E-state index in [2.05, 4.69) is 15.6 Å². The van der Waals surface area contributed by atoms with Crippen molar-refractivity contribution >= 4 is 11.4 Å². The maximum absolute atomic E-state index is 6.28. The fourth-order valence-electron chi connectivity index (χ4n) is 3.37. The molecule has 1 aromatic carbocycles. The number of hydrogen-bond acceptors (Lipinski definition) is 3. The summed E-state index contributed by atoms with van der Waals surface area (Å²) in [5.41, 5.74) is 16.3. The third-order valence-corrected chi connectivity index (χ3v) is 4.62. The zero-order valence-electron chi connectivity index (χ0n) is 12.5. The zero-order chi connectivity index (χ0) is 14.7. The first-order valence-corrected chi connectivity index (χ1v) is 7.85. The lowest BCUT2D eigenvalue weighted by Gasteiger charge is -2.24. The van der Waals surface area contributed by atoms with Crippen molar-refractivity contribution in [2.45, 2.75) is 45.1 Å². The Kier molecular flexibility index (Phi) is 4.13. The van der Waals surface area contributed by atoms with Gasteiger partial charge in [0.1, 0.15) is 0 Å². The standard InChI is InChI=1S/C17H24N4/c18-16-7-6-14(11-21-9-8-20-12-21)15(17(16)19)10-13-4-2-1-3-5-13/h6-9,12-13H,1-5,10-11,18-19H2. The van der Waals surface area contributed by atoms with Crippen molar-refractivity contribution in [2.75, 3.05) is 11.5 Å². The van der Waals surface area contributed by atoms with Gasteiger partial charge in [-0.15, -0.1) is 0 Å². The molecule has 2 aromatic rings.